The van der Waals surface area contributed by atoms with Gasteiger partial charge in [0.15, 0.2) is 5.65 Å². The molecule has 0 bridgehead atoms. The zero-order chi connectivity index (χ0) is 18.9. The zero-order valence-corrected chi connectivity index (χ0v) is 15.3. The predicted molar refractivity (Wildman–Crippen MR) is 105 cm³/mol. The number of aromatic nitrogens is 5. The number of hydrogen-bond donors (Lipinski definition) is 0. The van der Waals surface area contributed by atoms with E-state index in [0.717, 1.165) is 60.2 Å². The van der Waals surface area contributed by atoms with E-state index in [9.17, 15) is 4.39 Å². The highest BCUT2D eigenvalue weighted by Gasteiger charge is 2.19. The van der Waals surface area contributed by atoms with E-state index in [2.05, 4.69) is 14.9 Å². The number of rotatable bonds is 3. The molecule has 0 atom stereocenters. The first-order valence-electron chi connectivity index (χ1n) is 9.46. The van der Waals surface area contributed by atoms with Crippen LogP contribution in [0.5, 0.6) is 0 Å². The Bertz CT molecular complexity index is 1120. The van der Waals surface area contributed by atoms with Crippen molar-refractivity contribution in [2.24, 2.45) is 0 Å². The molecule has 140 valence electrons. The number of benzene rings is 1. The molecule has 1 fully saturated rings. The molecule has 28 heavy (non-hydrogen) atoms. The number of imidazole rings is 1. The van der Waals surface area contributed by atoms with E-state index < -0.39 is 0 Å². The summed E-state index contributed by atoms with van der Waals surface area (Å²) in [6.07, 6.45) is 10.7. The first-order valence-corrected chi connectivity index (χ1v) is 9.46. The molecular weight excluding hydrogens is 355 g/mol. The Labute approximate surface area is 161 Å². The maximum atomic E-state index is 13.4. The quantitative estimate of drug-likeness (QED) is 0.543. The van der Waals surface area contributed by atoms with Gasteiger partial charge in [0.2, 0.25) is 5.95 Å². The van der Waals surface area contributed by atoms with Gasteiger partial charge in [0, 0.05) is 37.2 Å². The van der Waals surface area contributed by atoms with Gasteiger partial charge in [-0.25, -0.2) is 19.3 Å². The molecule has 6 nitrogen and oxygen atoms in total. The van der Waals surface area contributed by atoms with Crippen molar-refractivity contribution >= 4 is 11.6 Å². The second-order valence-electron chi connectivity index (χ2n) is 6.91. The fourth-order valence-electron chi connectivity index (χ4n) is 3.69. The van der Waals surface area contributed by atoms with Crippen LogP contribution in [0.4, 0.5) is 10.3 Å². The van der Waals surface area contributed by atoms with Gasteiger partial charge in [-0.05, 0) is 49.6 Å². The minimum atomic E-state index is -0.273. The van der Waals surface area contributed by atoms with Gasteiger partial charge in [0.05, 0.1) is 23.3 Å². The largest absolute Gasteiger partial charge is 0.341 e. The van der Waals surface area contributed by atoms with Crippen LogP contribution in [0, 0.1) is 5.82 Å². The molecule has 1 aromatic carbocycles. The number of anilines is 1. The van der Waals surface area contributed by atoms with Crippen LogP contribution < -0.4 is 4.90 Å². The van der Waals surface area contributed by atoms with E-state index >= 15 is 0 Å². The van der Waals surface area contributed by atoms with Gasteiger partial charge in [-0.2, -0.15) is 0 Å². The minimum absolute atomic E-state index is 0.273. The summed E-state index contributed by atoms with van der Waals surface area (Å²) >= 11 is 0. The maximum Gasteiger partial charge on any atom is 0.225 e. The minimum Gasteiger partial charge on any atom is -0.341 e. The normalized spacial score (nSPS) is 14.5. The van der Waals surface area contributed by atoms with Crippen LogP contribution in [0.15, 0.2) is 55.1 Å². The number of piperidine rings is 1. The van der Waals surface area contributed by atoms with Crippen LogP contribution in [0.2, 0.25) is 0 Å². The van der Waals surface area contributed by atoms with Gasteiger partial charge < -0.3 is 4.90 Å². The van der Waals surface area contributed by atoms with Gasteiger partial charge in [0.25, 0.3) is 0 Å². The summed E-state index contributed by atoms with van der Waals surface area (Å²) in [4.78, 5) is 20.5. The lowest BCUT2D eigenvalue weighted by Gasteiger charge is -2.26. The Hall–Kier alpha value is -3.35. The fourth-order valence-corrected chi connectivity index (χ4v) is 3.69. The molecule has 7 heteroatoms. The van der Waals surface area contributed by atoms with Gasteiger partial charge in [-0.3, -0.25) is 9.38 Å². The lowest BCUT2D eigenvalue weighted by atomic mass is 10.1. The molecule has 0 spiro atoms. The lowest BCUT2D eigenvalue weighted by Crippen LogP contribution is -2.31. The maximum absolute atomic E-state index is 13.4. The second kappa shape index (κ2) is 6.99. The fraction of sp³-hybridized carbons (Fsp3) is 0.238. The Morgan fingerprint density at radius 1 is 0.893 bits per heavy atom. The molecule has 4 heterocycles. The van der Waals surface area contributed by atoms with Crippen LogP contribution in [0.3, 0.4) is 0 Å². The van der Waals surface area contributed by atoms with Crippen LogP contribution in [-0.4, -0.2) is 37.4 Å². The zero-order valence-electron chi connectivity index (χ0n) is 15.3. The Kier molecular flexibility index (Phi) is 4.20. The van der Waals surface area contributed by atoms with Crippen molar-refractivity contribution in [3.05, 3.63) is 60.9 Å². The summed E-state index contributed by atoms with van der Waals surface area (Å²) in [6.45, 7) is 1.96. The summed E-state index contributed by atoms with van der Waals surface area (Å²) < 4.78 is 15.4. The van der Waals surface area contributed by atoms with E-state index in [4.69, 9.17) is 9.97 Å². The standard InChI is InChI=1S/C21H19FN6/c22-16-6-4-15(5-7-16)19-20(28-13-10-23-14-18(28)26-19)17-8-9-24-21(25-17)27-11-2-1-3-12-27/h4-10,13-14H,1-3,11-12H2. The molecule has 0 aliphatic carbocycles. The van der Waals surface area contributed by atoms with Crippen molar-refractivity contribution in [1.29, 1.82) is 0 Å². The molecule has 1 aliphatic rings. The molecule has 5 rings (SSSR count). The van der Waals surface area contributed by atoms with Gasteiger partial charge in [0.1, 0.15) is 5.82 Å². The van der Waals surface area contributed by atoms with Crippen molar-refractivity contribution in [2.75, 3.05) is 18.0 Å². The average molecular weight is 374 g/mol. The highest BCUT2D eigenvalue weighted by atomic mass is 19.1. The summed E-state index contributed by atoms with van der Waals surface area (Å²) in [6, 6.07) is 8.26. The van der Waals surface area contributed by atoms with Gasteiger partial charge in [-0.1, -0.05) is 0 Å². The van der Waals surface area contributed by atoms with Crippen molar-refractivity contribution in [3.8, 4) is 22.6 Å². The number of hydrogen-bond acceptors (Lipinski definition) is 5. The van der Waals surface area contributed by atoms with Crippen molar-refractivity contribution in [1.82, 2.24) is 24.3 Å². The predicted octanol–water partition coefficient (Wildman–Crippen LogP) is 3.98. The molecule has 3 aromatic heterocycles. The van der Waals surface area contributed by atoms with Crippen molar-refractivity contribution in [3.63, 3.8) is 0 Å². The third-order valence-corrected chi connectivity index (χ3v) is 5.07. The van der Waals surface area contributed by atoms with Gasteiger partial charge >= 0.3 is 0 Å². The van der Waals surface area contributed by atoms with Crippen LogP contribution in [0.1, 0.15) is 19.3 Å². The highest BCUT2D eigenvalue weighted by molar-refractivity contribution is 5.80. The first kappa shape index (κ1) is 16.8. The summed E-state index contributed by atoms with van der Waals surface area (Å²) in [5.74, 6) is 0.469. The molecule has 0 radical (unpaired) electrons. The molecule has 0 amide bonds. The SMILES string of the molecule is Fc1ccc(-c2nc3cnccn3c2-c2ccnc(N3CCCCC3)n2)cc1. The molecule has 1 aliphatic heterocycles. The second-order valence-corrected chi connectivity index (χ2v) is 6.91. The molecule has 0 N–H and O–H groups in total. The Morgan fingerprint density at radius 2 is 1.71 bits per heavy atom. The first-order chi connectivity index (χ1) is 13.8. The van der Waals surface area contributed by atoms with E-state index in [0.29, 0.717) is 0 Å². The Morgan fingerprint density at radius 3 is 2.54 bits per heavy atom. The molecule has 1 saturated heterocycles. The summed E-state index contributed by atoms with van der Waals surface area (Å²) in [5.41, 5.74) is 3.93. The number of halogens is 1. The Balaban J connectivity index is 1.68. The number of fused-ring (bicyclic) bond motifs is 1. The monoisotopic (exact) mass is 374 g/mol. The summed E-state index contributed by atoms with van der Waals surface area (Å²) in [5, 5.41) is 0. The van der Waals surface area contributed by atoms with E-state index in [1.54, 1.807) is 30.7 Å². The third kappa shape index (κ3) is 2.98. The van der Waals surface area contributed by atoms with Crippen LogP contribution in [0.25, 0.3) is 28.3 Å². The third-order valence-electron chi connectivity index (χ3n) is 5.07. The number of nitrogens with zero attached hydrogens (tertiary/aromatic N) is 6. The summed E-state index contributed by atoms with van der Waals surface area (Å²) in [7, 11) is 0. The van der Waals surface area contributed by atoms with Crippen LogP contribution in [-0.2, 0) is 0 Å². The van der Waals surface area contributed by atoms with E-state index in [-0.39, 0.29) is 5.82 Å². The molecular formula is C21H19FN6. The van der Waals surface area contributed by atoms with Crippen LogP contribution >= 0.6 is 0 Å². The van der Waals surface area contributed by atoms with Gasteiger partial charge in [-0.15, -0.1) is 0 Å². The lowest BCUT2D eigenvalue weighted by molar-refractivity contribution is 0.568. The molecule has 4 aromatic rings. The van der Waals surface area contributed by atoms with E-state index in [1.165, 1.54) is 18.6 Å². The topological polar surface area (TPSA) is 59.2 Å². The molecule has 0 saturated carbocycles. The smallest absolute Gasteiger partial charge is 0.225 e. The van der Waals surface area contributed by atoms with Crippen molar-refractivity contribution < 1.29 is 4.39 Å². The average Bonchev–Trinajstić information content (AvgIpc) is 3.14. The van der Waals surface area contributed by atoms with E-state index in [1.807, 2.05) is 16.7 Å². The molecule has 0 unspecified atom stereocenters. The van der Waals surface area contributed by atoms with Crippen molar-refractivity contribution in [2.45, 2.75) is 19.3 Å². The highest BCUT2D eigenvalue weighted by Crippen LogP contribution is 2.32.